The largest absolute Gasteiger partial charge is 0.334 e. The molecule has 1 aliphatic heterocycles. The van der Waals surface area contributed by atoms with Gasteiger partial charge in [0.15, 0.2) is 0 Å². The van der Waals surface area contributed by atoms with Crippen molar-refractivity contribution >= 4 is 0 Å². The maximum Gasteiger partial charge on any atom is 0.0799 e. The molecule has 2 rings (SSSR count). The highest BCUT2D eigenvalue weighted by Gasteiger charge is 2.30. The number of hydrogen-bond acceptors (Lipinski definition) is 0. The number of quaternary nitrogens is 1. The van der Waals surface area contributed by atoms with E-state index in [1.165, 1.54) is 45.3 Å². The zero-order valence-corrected chi connectivity index (χ0v) is 12.3. The molecule has 1 heteroatoms. The lowest BCUT2D eigenvalue weighted by Crippen LogP contribution is -3.14. The van der Waals surface area contributed by atoms with E-state index in [0.29, 0.717) is 0 Å². The van der Waals surface area contributed by atoms with Crippen molar-refractivity contribution in [2.24, 2.45) is 29.6 Å². The fraction of sp³-hybridized carbons (Fsp3) is 1.00. The predicted octanol–water partition coefficient (Wildman–Crippen LogP) is 2.62. The summed E-state index contributed by atoms with van der Waals surface area (Å²) >= 11 is 0. The molecular weight excluding hydrogens is 206 g/mol. The van der Waals surface area contributed by atoms with E-state index in [1.807, 2.05) is 4.90 Å². The summed E-state index contributed by atoms with van der Waals surface area (Å²) < 4.78 is 0. The molecule has 1 nitrogen and oxygen atoms in total. The Balaban J connectivity index is 1.80. The molecule has 1 aliphatic carbocycles. The lowest BCUT2D eigenvalue weighted by Gasteiger charge is -2.37. The van der Waals surface area contributed by atoms with Gasteiger partial charge in [0.05, 0.1) is 19.6 Å². The van der Waals surface area contributed by atoms with Gasteiger partial charge < -0.3 is 4.90 Å². The van der Waals surface area contributed by atoms with Gasteiger partial charge in [0.1, 0.15) is 0 Å². The Bertz CT molecular complexity index is 228. The smallest absolute Gasteiger partial charge is 0.0799 e. The first-order valence-corrected chi connectivity index (χ1v) is 7.88. The highest BCUT2D eigenvalue weighted by atomic mass is 15.1. The second-order valence-electron chi connectivity index (χ2n) is 7.43. The molecule has 0 aromatic carbocycles. The molecule has 0 bridgehead atoms. The summed E-state index contributed by atoms with van der Waals surface area (Å²) in [6.07, 6.45) is 5.92. The summed E-state index contributed by atoms with van der Waals surface area (Å²) in [4.78, 5) is 1.90. The van der Waals surface area contributed by atoms with Gasteiger partial charge in [-0.25, -0.2) is 0 Å². The standard InChI is InChI=1S/C16H31N/c1-12-7-13(2)9-16(8-12)11-17-6-5-14(3)15(4)10-17/h12-16H,5-11H2,1-4H3/p+1. The van der Waals surface area contributed by atoms with Crippen molar-refractivity contribution in [2.75, 3.05) is 19.6 Å². The van der Waals surface area contributed by atoms with Crippen LogP contribution in [0.1, 0.15) is 53.4 Å². The Kier molecular flexibility index (Phi) is 4.52. The van der Waals surface area contributed by atoms with Crippen molar-refractivity contribution < 1.29 is 4.90 Å². The summed E-state index contributed by atoms with van der Waals surface area (Å²) in [7, 11) is 0. The van der Waals surface area contributed by atoms with E-state index in [9.17, 15) is 0 Å². The topological polar surface area (TPSA) is 4.44 Å². The van der Waals surface area contributed by atoms with Crippen LogP contribution in [0, 0.1) is 29.6 Å². The van der Waals surface area contributed by atoms with E-state index in [1.54, 1.807) is 0 Å². The Morgan fingerprint density at radius 2 is 1.53 bits per heavy atom. The molecule has 0 spiro atoms. The molecule has 17 heavy (non-hydrogen) atoms. The Hall–Kier alpha value is -0.0400. The molecule has 1 N–H and O–H groups in total. The Morgan fingerprint density at radius 3 is 2.12 bits per heavy atom. The van der Waals surface area contributed by atoms with Crippen molar-refractivity contribution in [3.63, 3.8) is 0 Å². The van der Waals surface area contributed by atoms with Crippen molar-refractivity contribution in [1.29, 1.82) is 0 Å². The van der Waals surface area contributed by atoms with Crippen LogP contribution in [0.15, 0.2) is 0 Å². The molecule has 5 unspecified atom stereocenters. The van der Waals surface area contributed by atoms with Gasteiger partial charge in [0, 0.05) is 11.8 Å². The average molecular weight is 238 g/mol. The normalized spacial score (nSPS) is 48.0. The number of hydrogen-bond donors (Lipinski definition) is 1. The first kappa shape index (κ1) is 13.4. The van der Waals surface area contributed by atoms with Crippen LogP contribution in [0.3, 0.4) is 0 Å². The summed E-state index contributed by atoms with van der Waals surface area (Å²) in [5.41, 5.74) is 0. The molecule has 0 radical (unpaired) electrons. The number of piperidine rings is 1. The van der Waals surface area contributed by atoms with E-state index < -0.39 is 0 Å². The maximum atomic E-state index is 2.46. The molecule has 5 atom stereocenters. The van der Waals surface area contributed by atoms with E-state index >= 15 is 0 Å². The lowest BCUT2D eigenvalue weighted by molar-refractivity contribution is -0.913. The minimum atomic E-state index is 0.942. The molecule has 1 saturated carbocycles. The summed E-state index contributed by atoms with van der Waals surface area (Å²) in [5.74, 6) is 4.87. The quantitative estimate of drug-likeness (QED) is 0.754. The molecule has 100 valence electrons. The van der Waals surface area contributed by atoms with Crippen LogP contribution in [0.2, 0.25) is 0 Å². The third-order valence-electron chi connectivity index (χ3n) is 5.39. The van der Waals surface area contributed by atoms with Gasteiger partial charge in [-0.3, -0.25) is 0 Å². The second-order valence-corrected chi connectivity index (χ2v) is 7.43. The molecule has 2 aliphatic rings. The zero-order valence-electron chi connectivity index (χ0n) is 12.3. The highest BCUT2D eigenvalue weighted by molar-refractivity contribution is 4.75. The van der Waals surface area contributed by atoms with Crippen LogP contribution < -0.4 is 4.90 Å². The van der Waals surface area contributed by atoms with Crippen molar-refractivity contribution in [3.05, 3.63) is 0 Å². The zero-order chi connectivity index (χ0) is 12.4. The van der Waals surface area contributed by atoms with Gasteiger partial charge in [0.2, 0.25) is 0 Å². The van der Waals surface area contributed by atoms with E-state index in [0.717, 1.165) is 29.6 Å². The molecule has 1 heterocycles. The van der Waals surface area contributed by atoms with Crippen molar-refractivity contribution in [2.45, 2.75) is 53.4 Å². The van der Waals surface area contributed by atoms with Crippen LogP contribution in [-0.2, 0) is 0 Å². The monoisotopic (exact) mass is 238 g/mol. The molecular formula is C16H32N+. The minimum absolute atomic E-state index is 0.942. The van der Waals surface area contributed by atoms with E-state index in [2.05, 4.69) is 27.7 Å². The average Bonchev–Trinajstić information content (AvgIpc) is 2.22. The van der Waals surface area contributed by atoms with Crippen molar-refractivity contribution in [1.82, 2.24) is 0 Å². The first-order chi connectivity index (χ1) is 8.04. The molecule has 1 saturated heterocycles. The first-order valence-electron chi connectivity index (χ1n) is 7.88. The molecule has 0 aromatic rings. The predicted molar refractivity (Wildman–Crippen MR) is 74.2 cm³/mol. The molecule has 0 amide bonds. The minimum Gasteiger partial charge on any atom is -0.334 e. The number of nitrogens with one attached hydrogen (secondary N) is 1. The highest BCUT2D eigenvalue weighted by Crippen LogP contribution is 2.32. The summed E-state index contributed by atoms with van der Waals surface area (Å²) in [6.45, 7) is 14.1. The number of likely N-dealkylation sites (tertiary alicyclic amines) is 1. The summed E-state index contributed by atoms with van der Waals surface area (Å²) in [6, 6.07) is 0. The van der Waals surface area contributed by atoms with Crippen LogP contribution in [-0.4, -0.2) is 19.6 Å². The van der Waals surface area contributed by atoms with Gasteiger partial charge in [0.25, 0.3) is 0 Å². The van der Waals surface area contributed by atoms with Crippen molar-refractivity contribution in [3.8, 4) is 0 Å². The van der Waals surface area contributed by atoms with Gasteiger partial charge in [-0.15, -0.1) is 0 Å². The van der Waals surface area contributed by atoms with Gasteiger partial charge >= 0.3 is 0 Å². The molecule has 2 fully saturated rings. The lowest BCUT2D eigenvalue weighted by atomic mass is 9.76. The van der Waals surface area contributed by atoms with Crippen LogP contribution >= 0.6 is 0 Å². The number of rotatable bonds is 2. The maximum absolute atomic E-state index is 2.46. The van der Waals surface area contributed by atoms with Gasteiger partial charge in [-0.2, -0.15) is 0 Å². The second kappa shape index (κ2) is 5.73. The summed E-state index contributed by atoms with van der Waals surface area (Å²) in [5, 5.41) is 0. The molecule has 0 aromatic heterocycles. The third-order valence-corrected chi connectivity index (χ3v) is 5.39. The van der Waals surface area contributed by atoms with Crippen LogP contribution in [0.5, 0.6) is 0 Å². The van der Waals surface area contributed by atoms with Crippen LogP contribution in [0.4, 0.5) is 0 Å². The Labute approximate surface area is 108 Å². The van der Waals surface area contributed by atoms with Gasteiger partial charge in [-0.05, 0) is 43.4 Å². The van der Waals surface area contributed by atoms with Crippen LogP contribution in [0.25, 0.3) is 0 Å². The third kappa shape index (κ3) is 3.71. The van der Waals surface area contributed by atoms with E-state index in [-0.39, 0.29) is 0 Å². The Morgan fingerprint density at radius 1 is 0.882 bits per heavy atom. The van der Waals surface area contributed by atoms with Gasteiger partial charge in [-0.1, -0.05) is 27.7 Å². The SMILES string of the molecule is CC1CC(C)CC(C[NH+]2CCC(C)C(C)C2)C1. The fourth-order valence-electron chi connectivity index (χ4n) is 4.35. The van der Waals surface area contributed by atoms with E-state index in [4.69, 9.17) is 0 Å². The fourth-order valence-corrected chi connectivity index (χ4v) is 4.35.